The number of carbonyl (C=O) groups excluding carboxylic acids is 1. The maximum absolute atomic E-state index is 11.9. The minimum absolute atomic E-state index is 0.00506. The molecule has 104 valence electrons. The number of hydrogen-bond acceptors (Lipinski definition) is 3. The molecule has 1 aliphatic rings. The van der Waals surface area contributed by atoms with E-state index in [2.05, 4.69) is 10.0 Å². The van der Waals surface area contributed by atoms with E-state index in [1.165, 1.54) is 12.8 Å². The van der Waals surface area contributed by atoms with Crippen molar-refractivity contribution >= 4 is 21.6 Å². The van der Waals surface area contributed by atoms with Gasteiger partial charge in [0, 0.05) is 17.8 Å². The molecule has 0 spiro atoms. The second-order valence-corrected chi connectivity index (χ2v) is 6.75. The van der Waals surface area contributed by atoms with Crippen LogP contribution >= 0.6 is 0 Å². The highest BCUT2D eigenvalue weighted by Gasteiger charge is 2.21. The highest BCUT2D eigenvalue weighted by molar-refractivity contribution is 7.92. The second kappa shape index (κ2) is 5.61. The van der Waals surface area contributed by atoms with E-state index in [0.29, 0.717) is 23.7 Å². The van der Waals surface area contributed by atoms with Gasteiger partial charge in [-0.25, -0.2) is 8.42 Å². The van der Waals surface area contributed by atoms with Gasteiger partial charge in [0.05, 0.1) is 5.75 Å². The molecule has 2 rings (SSSR count). The molecule has 19 heavy (non-hydrogen) atoms. The first-order chi connectivity index (χ1) is 9.00. The Bertz CT molecular complexity index is 565. The molecule has 0 radical (unpaired) electrons. The predicted octanol–water partition coefficient (Wildman–Crippen LogP) is 1.59. The van der Waals surface area contributed by atoms with E-state index in [9.17, 15) is 13.2 Å². The van der Waals surface area contributed by atoms with Crippen LogP contribution in [0.2, 0.25) is 0 Å². The maximum atomic E-state index is 11.9. The van der Waals surface area contributed by atoms with Crippen molar-refractivity contribution in [3.63, 3.8) is 0 Å². The highest BCUT2D eigenvalue weighted by Crippen LogP contribution is 2.27. The third-order valence-electron chi connectivity index (χ3n) is 3.03. The Morgan fingerprint density at radius 2 is 2.11 bits per heavy atom. The zero-order valence-corrected chi connectivity index (χ0v) is 11.7. The van der Waals surface area contributed by atoms with Crippen molar-refractivity contribution in [1.29, 1.82) is 0 Å². The SMILES string of the molecule is CCS(=O)(=O)Nc1cccc(C(=O)NCC2CC2)c1. The van der Waals surface area contributed by atoms with Gasteiger partial charge in [0.25, 0.3) is 5.91 Å². The largest absolute Gasteiger partial charge is 0.352 e. The van der Waals surface area contributed by atoms with Crippen LogP contribution in [0.5, 0.6) is 0 Å². The van der Waals surface area contributed by atoms with Crippen LogP contribution in [0.4, 0.5) is 5.69 Å². The van der Waals surface area contributed by atoms with Gasteiger partial charge >= 0.3 is 0 Å². The van der Waals surface area contributed by atoms with Crippen molar-refractivity contribution in [1.82, 2.24) is 5.32 Å². The van der Waals surface area contributed by atoms with Crippen LogP contribution in [-0.4, -0.2) is 26.6 Å². The molecule has 0 aromatic heterocycles. The zero-order valence-electron chi connectivity index (χ0n) is 10.8. The van der Waals surface area contributed by atoms with Crippen LogP contribution in [0.1, 0.15) is 30.1 Å². The number of amides is 1. The first kappa shape index (κ1) is 13.9. The molecule has 1 saturated carbocycles. The number of carbonyl (C=O) groups is 1. The van der Waals surface area contributed by atoms with Gasteiger partial charge < -0.3 is 5.32 Å². The molecule has 0 aliphatic heterocycles. The van der Waals surface area contributed by atoms with Gasteiger partial charge in [-0.3, -0.25) is 9.52 Å². The number of nitrogens with one attached hydrogen (secondary N) is 2. The topological polar surface area (TPSA) is 75.3 Å². The van der Waals surface area contributed by atoms with E-state index in [4.69, 9.17) is 0 Å². The Hall–Kier alpha value is -1.56. The van der Waals surface area contributed by atoms with Gasteiger partial charge in [-0.1, -0.05) is 6.07 Å². The monoisotopic (exact) mass is 282 g/mol. The third-order valence-corrected chi connectivity index (χ3v) is 4.33. The lowest BCUT2D eigenvalue weighted by Crippen LogP contribution is -2.25. The van der Waals surface area contributed by atoms with E-state index in [1.54, 1.807) is 31.2 Å². The standard InChI is InChI=1S/C13H18N2O3S/c1-2-19(17,18)15-12-5-3-4-11(8-12)13(16)14-9-10-6-7-10/h3-5,8,10,15H,2,6-7,9H2,1H3,(H,14,16). The van der Waals surface area contributed by atoms with Crippen molar-refractivity contribution in [3.05, 3.63) is 29.8 Å². The van der Waals surface area contributed by atoms with Crippen LogP contribution in [0.3, 0.4) is 0 Å². The normalized spacial score (nSPS) is 15.0. The smallest absolute Gasteiger partial charge is 0.251 e. The minimum atomic E-state index is -3.31. The number of hydrogen-bond donors (Lipinski definition) is 2. The summed E-state index contributed by atoms with van der Waals surface area (Å²) in [6.07, 6.45) is 2.35. The Labute approximate surface area is 113 Å². The quantitative estimate of drug-likeness (QED) is 0.832. The summed E-state index contributed by atoms with van der Waals surface area (Å²) in [6.45, 7) is 2.26. The summed E-state index contributed by atoms with van der Waals surface area (Å²) in [5.41, 5.74) is 0.887. The highest BCUT2D eigenvalue weighted by atomic mass is 32.2. The molecule has 1 amide bonds. The predicted molar refractivity (Wildman–Crippen MR) is 74.6 cm³/mol. The van der Waals surface area contributed by atoms with Crippen molar-refractivity contribution in [3.8, 4) is 0 Å². The summed E-state index contributed by atoms with van der Waals surface area (Å²) in [5.74, 6) is 0.459. The van der Waals surface area contributed by atoms with Gasteiger partial charge in [0.1, 0.15) is 0 Å². The molecule has 0 saturated heterocycles. The Morgan fingerprint density at radius 1 is 1.37 bits per heavy atom. The van der Waals surface area contributed by atoms with Gasteiger partial charge in [0.15, 0.2) is 0 Å². The molecule has 5 nitrogen and oxygen atoms in total. The van der Waals surface area contributed by atoms with Crippen LogP contribution in [0, 0.1) is 5.92 Å². The lowest BCUT2D eigenvalue weighted by atomic mass is 10.2. The average Bonchev–Trinajstić information content (AvgIpc) is 3.20. The van der Waals surface area contributed by atoms with Crippen LogP contribution in [0.15, 0.2) is 24.3 Å². The molecule has 0 unspecified atom stereocenters. The molecule has 1 fully saturated rings. The molecule has 1 aromatic carbocycles. The summed E-state index contributed by atoms with van der Waals surface area (Å²) in [4.78, 5) is 11.9. The van der Waals surface area contributed by atoms with Crippen molar-refractivity contribution < 1.29 is 13.2 Å². The Morgan fingerprint density at radius 3 is 2.74 bits per heavy atom. The van der Waals surface area contributed by atoms with Gasteiger partial charge in [0.2, 0.25) is 10.0 Å². The van der Waals surface area contributed by atoms with E-state index < -0.39 is 10.0 Å². The number of anilines is 1. The van der Waals surface area contributed by atoms with Crippen LogP contribution < -0.4 is 10.0 Å². The van der Waals surface area contributed by atoms with E-state index in [1.807, 2.05) is 0 Å². The minimum Gasteiger partial charge on any atom is -0.352 e. The zero-order chi connectivity index (χ0) is 13.9. The Balaban J connectivity index is 2.03. The van der Waals surface area contributed by atoms with E-state index >= 15 is 0 Å². The molecule has 0 atom stereocenters. The molecule has 1 aliphatic carbocycles. The van der Waals surface area contributed by atoms with Gasteiger partial charge in [-0.05, 0) is 43.9 Å². The second-order valence-electron chi connectivity index (χ2n) is 4.74. The molecule has 6 heteroatoms. The third kappa shape index (κ3) is 4.24. The summed E-state index contributed by atoms with van der Waals surface area (Å²) >= 11 is 0. The molecule has 1 aromatic rings. The fourth-order valence-corrected chi connectivity index (χ4v) is 2.27. The van der Waals surface area contributed by atoms with Crippen LogP contribution in [0.25, 0.3) is 0 Å². The summed E-state index contributed by atoms with van der Waals surface area (Å²) in [7, 11) is -3.31. The first-order valence-corrected chi connectivity index (χ1v) is 8.04. The summed E-state index contributed by atoms with van der Waals surface area (Å²) in [5, 5.41) is 2.85. The number of rotatable bonds is 6. The number of sulfonamides is 1. The first-order valence-electron chi connectivity index (χ1n) is 6.39. The summed E-state index contributed by atoms with van der Waals surface area (Å²) < 4.78 is 25.4. The fraction of sp³-hybridized carbons (Fsp3) is 0.462. The van der Waals surface area contributed by atoms with Gasteiger partial charge in [-0.2, -0.15) is 0 Å². The lowest BCUT2D eigenvalue weighted by molar-refractivity contribution is 0.0952. The maximum Gasteiger partial charge on any atom is 0.251 e. The lowest BCUT2D eigenvalue weighted by Gasteiger charge is -2.08. The molecule has 2 N–H and O–H groups in total. The molecular formula is C13H18N2O3S. The van der Waals surface area contributed by atoms with Crippen LogP contribution in [-0.2, 0) is 10.0 Å². The fourth-order valence-electron chi connectivity index (χ4n) is 1.64. The molecule has 0 heterocycles. The van der Waals surface area contributed by atoms with Gasteiger partial charge in [-0.15, -0.1) is 0 Å². The van der Waals surface area contributed by atoms with E-state index in [-0.39, 0.29) is 11.7 Å². The number of benzene rings is 1. The van der Waals surface area contributed by atoms with Crippen molar-refractivity contribution in [2.45, 2.75) is 19.8 Å². The van der Waals surface area contributed by atoms with Crippen molar-refractivity contribution in [2.75, 3.05) is 17.0 Å². The van der Waals surface area contributed by atoms with E-state index in [0.717, 1.165) is 0 Å². The Kier molecular flexibility index (Phi) is 4.09. The average molecular weight is 282 g/mol. The summed E-state index contributed by atoms with van der Waals surface area (Å²) in [6, 6.07) is 6.52. The molecule has 0 bridgehead atoms. The van der Waals surface area contributed by atoms with Crippen molar-refractivity contribution in [2.24, 2.45) is 5.92 Å². The molecular weight excluding hydrogens is 264 g/mol.